The zero-order chi connectivity index (χ0) is 15.7. The molecule has 6 heteroatoms. The zero-order valence-corrected chi connectivity index (χ0v) is 11.8. The fourth-order valence-corrected chi connectivity index (χ4v) is 2.78. The molecule has 2 unspecified atom stereocenters. The van der Waals surface area contributed by atoms with Crippen LogP contribution in [0.5, 0.6) is 0 Å². The number of rotatable bonds is 4. The fourth-order valence-electron chi connectivity index (χ4n) is 2.78. The van der Waals surface area contributed by atoms with Gasteiger partial charge in [0.05, 0.1) is 12.0 Å². The van der Waals surface area contributed by atoms with Gasteiger partial charge in [0.25, 0.3) is 0 Å². The summed E-state index contributed by atoms with van der Waals surface area (Å²) < 4.78 is 26.8. The standard InChI is InChI=1S/C15H17F2NO3/c1-8(2)7-18-13(19)6-12(15(20)21)14(18)9-3-10(16)5-11(17)4-9/h3-5,8,12,14H,6-7H2,1-2H3,(H,20,21). The molecule has 1 aliphatic heterocycles. The van der Waals surface area contributed by atoms with Crippen molar-refractivity contribution in [3.63, 3.8) is 0 Å². The number of nitrogens with zero attached hydrogens (tertiary/aromatic N) is 1. The number of likely N-dealkylation sites (tertiary alicyclic amines) is 1. The topological polar surface area (TPSA) is 57.6 Å². The molecule has 1 N–H and O–H groups in total. The van der Waals surface area contributed by atoms with Crippen LogP contribution in [-0.2, 0) is 9.59 Å². The molecular formula is C15H17F2NO3. The second kappa shape index (κ2) is 5.79. The van der Waals surface area contributed by atoms with Crippen LogP contribution in [0, 0.1) is 23.5 Å². The summed E-state index contributed by atoms with van der Waals surface area (Å²) in [6.45, 7) is 4.14. The number of carbonyl (C=O) groups excluding carboxylic acids is 1. The Morgan fingerprint density at radius 2 is 1.90 bits per heavy atom. The lowest BCUT2D eigenvalue weighted by Crippen LogP contribution is -2.33. The van der Waals surface area contributed by atoms with E-state index in [1.54, 1.807) is 0 Å². The van der Waals surface area contributed by atoms with Gasteiger partial charge in [-0.2, -0.15) is 0 Å². The van der Waals surface area contributed by atoms with Gasteiger partial charge in [0.15, 0.2) is 0 Å². The lowest BCUT2D eigenvalue weighted by molar-refractivity contribution is -0.142. The molecule has 0 bridgehead atoms. The van der Waals surface area contributed by atoms with Crippen molar-refractivity contribution in [1.29, 1.82) is 0 Å². The van der Waals surface area contributed by atoms with Gasteiger partial charge in [-0.1, -0.05) is 13.8 Å². The van der Waals surface area contributed by atoms with Gasteiger partial charge in [0, 0.05) is 19.0 Å². The number of carboxylic acid groups (broad SMARTS) is 1. The molecule has 1 heterocycles. The number of halogens is 2. The Morgan fingerprint density at radius 1 is 1.33 bits per heavy atom. The third-order valence-electron chi connectivity index (χ3n) is 3.54. The van der Waals surface area contributed by atoms with Gasteiger partial charge in [0.1, 0.15) is 11.6 Å². The normalized spacial score (nSPS) is 22.1. The molecule has 1 amide bonds. The van der Waals surface area contributed by atoms with Crippen molar-refractivity contribution in [3.8, 4) is 0 Å². The van der Waals surface area contributed by atoms with E-state index in [1.807, 2.05) is 13.8 Å². The first kappa shape index (κ1) is 15.4. The lowest BCUT2D eigenvalue weighted by Gasteiger charge is -2.28. The minimum atomic E-state index is -1.13. The number of hydrogen-bond donors (Lipinski definition) is 1. The first-order chi connectivity index (χ1) is 9.79. The van der Waals surface area contributed by atoms with Crippen LogP contribution in [0.25, 0.3) is 0 Å². The van der Waals surface area contributed by atoms with E-state index in [1.165, 1.54) is 4.90 Å². The highest BCUT2D eigenvalue weighted by atomic mass is 19.1. The highest BCUT2D eigenvalue weighted by Crippen LogP contribution is 2.39. The molecule has 1 aliphatic rings. The Hall–Kier alpha value is -1.98. The molecule has 0 aromatic heterocycles. The summed E-state index contributed by atoms with van der Waals surface area (Å²) in [4.78, 5) is 24.8. The maximum atomic E-state index is 13.4. The second-order valence-corrected chi connectivity index (χ2v) is 5.74. The molecule has 1 aromatic carbocycles. The minimum Gasteiger partial charge on any atom is -0.481 e. The number of amides is 1. The summed E-state index contributed by atoms with van der Waals surface area (Å²) >= 11 is 0. The Balaban J connectivity index is 2.45. The molecular weight excluding hydrogens is 280 g/mol. The predicted molar refractivity (Wildman–Crippen MR) is 71.4 cm³/mol. The summed E-state index contributed by atoms with van der Waals surface area (Å²) in [5.41, 5.74) is 0.186. The summed E-state index contributed by atoms with van der Waals surface area (Å²) in [5, 5.41) is 9.29. The summed E-state index contributed by atoms with van der Waals surface area (Å²) in [6.07, 6.45) is -0.148. The summed E-state index contributed by atoms with van der Waals surface area (Å²) in [5.74, 6) is -3.86. The van der Waals surface area contributed by atoms with Gasteiger partial charge in [-0.25, -0.2) is 8.78 Å². The van der Waals surface area contributed by atoms with E-state index in [-0.39, 0.29) is 23.8 Å². The summed E-state index contributed by atoms with van der Waals surface area (Å²) in [7, 11) is 0. The van der Waals surface area contributed by atoms with Crippen LogP contribution in [0.15, 0.2) is 18.2 Å². The average Bonchev–Trinajstić information content (AvgIpc) is 2.65. The van der Waals surface area contributed by atoms with Gasteiger partial charge in [-0.15, -0.1) is 0 Å². The molecule has 114 valence electrons. The van der Waals surface area contributed by atoms with Crippen LogP contribution in [0.1, 0.15) is 31.9 Å². The molecule has 0 aliphatic carbocycles. The number of benzene rings is 1. The van der Waals surface area contributed by atoms with Gasteiger partial charge in [-0.3, -0.25) is 9.59 Å². The molecule has 21 heavy (non-hydrogen) atoms. The number of hydrogen-bond acceptors (Lipinski definition) is 2. The fraction of sp³-hybridized carbons (Fsp3) is 0.467. The maximum Gasteiger partial charge on any atom is 0.309 e. The van der Waals surface area contributed by atoms with Crippen molar-refractivity contribution in [2.45, 2.75) is 26.3 Å². The SMILES string of the molecule is CC(C)CN1C(=O)CC(C(=O)O)C1c1cc(F)cc(F)c1. The van der Waals surface area contributed by atoms with E-state index in [0.717, 1.165) is 18.2 Å². The van der Waals surface area contributed by atoms with E-state index in [0.29, 0.717) is 6.54 Å². The van der Waals surface area contributed by atoms with Crippen molar-refractivity contribution < 1.29 is 23.5 Å². The van der Waals surface area contributed by atoms with Gasteiger partial charge in [0.2, 0.25) is 5.91 Å². The molecule has 0 saturated carbocycles. The van der Waals surface area contributed by atoms with Crippen molar-refractivity contribution in [1.82, 2.24) is 4.90 Å². The van der Waals surface area contributed by atoms with Crippen LogP contribution in [0.3, 0.4) is 0 Å². The van der Waals surface area contributed by atoms with E-state index < -0.39 is 29.6 Å². The second-order valence-electron chi connectivity index (χ2n) is 5.74. The molecule has 1 fully saturated rings. The Morgan fingerprint density at radius 3 is 2.38 bits per heavy atom. The Labute approximate surface area is 121 Å². The Kier molecular flexibility index (Phi) is 4.25. The molecule has 1 aromatic rings. The third kappa shape index (κ3) is 3.20. The van der Waals surface area contributed by atoms with Crippen LogP contribution >= 0.6 is 0 Å². The van der Waals surface area contributed by atoms with Gasteiger partial charge < -0.3 is 10.0 Å². The van der Waals surface area contributed by atoms with E-state index in [9.17, 15) is 23.5 Å². The third-order valence-corrected chi connectivity index (χ3v) is 3.54. The smallest absolute Gasteiger partial charge is 0.309 e. The average molecular weight is 297 g/mol. The van der Waals surface area contributed by atoms with Gasteiger partial charge in [-0.05, 0) is 23.6 Å². The molecule has 1 saturated heterocycles. The summed E-state index contributed by atoms with van der Waals surface area (Å²) in [6, 6.07) is 2.08. The minimum absolute atomic E-state index is 0.127. The lowest BCUT2D eigenvalue weighted by atomic mass is 9.93. The van der Waals surface area contributed by atoms with Crippen molar-refractivity contribution in [3.05, 3.63) is 35.4 Å². The van der Waals surface area contributed by atoms with Gasteiger partial charge >= 0.3 is 5.97 Å². The molecule has 2 atom stereocenters. The van der Waals surface area contributed by atoms with E-state index >= 15 is 0 Å². The van der Waals surface area contributed by atoms with Crippen molar-refractivity contribution in [2.75, 3.05) is 6.54 Å². The highest BCUT2D eigenvalue weighted by molar-refractivity contribution is 5.87. The molecule has 0 radical (unpaired) electrons. The van der Waals surface area contributed by atoms with Crippen LogP contribution in [0.2, 0.25) is 0 Å². The largest absolute Gasteiger partial charge is 0.481 e. The van der Waals surface area contributed by atoms with Crippen molar-refractivity contribution >= 4 is 11.9 Å². The van der Waals surface area contributed by atoms with Crippen LogP contribution < -0.4 is 0 Å². The first-order valence-electron chi connectivity index (χ1n) is 6.78. The monoisotopic (exact) mass is 297 g/mol. The number of aliphatic carboxylic acids is 1. The molecule has 0 spiro atoms. The molecule has 4 nitrogen and oxygen atoms in total. The molecule has 2 rings (SSSR count). The zero-order valence-electron chi connectivity index (χ0n) is 11.8. The predicted octanol–water partition coefficient (Wildman–Crippen LogP) is 2.60. The number of carboxylic acids is 1. The number of carbonyl (C=O) groups is 2. The van der Waals surface area contributed by atoms with E-state index in [4.69, 9.17) is 0 Å². The van der Waals surface area contributed by atoms with Crippen LogP contribution in [-0.4, -0.2) is 28.4 Å². The first-order valence-corrected chi connectivity index (χ1v) is 6.78. The Bertz CT molecular complexity index is 554. The highest BCUT2D eigenvalue weighted by Gasteiger charge is 2.44. The van der Waals surface area contributed by atoms with Crippen LogP contribution in [0.4, 0.5) is 8.78 Å². The van der Waals surface area contributed by atoms with E-state index in [2.05, 4.69) is 0 Å². The maximum absolute atomic E-state index is 13.4. The quantitative estimate of drug-likeness (QED) is 0.929. The van der Waals surface area contributed by atoms with Crippen molar-refractivity contribution in [2.24, 2.45) is 11.8 Å².